The summed E-state index contributed by atoms with van der Waals surface area (Å²) in [6.45, 7) is -0.445. The SMILES string of the molecule is [B][C@@H]1O[C@H](COP(=O)(O)O)[C@@H](O)[C@H]1OC. The number of phosphoric acid groups is 1. The van der Waals surface area contributed by atoms with Crippen LogP contribution in [0.2, 0.25) is 0 Å². The first-order chi connectivity index (χ1) is 6.85. The molecule has 1 aliphatic rings. The molecule has 3 N–H and O–H groups in total. The molecular weight excluding hydrogens is 226 g/mol. The van der Waals surface area contributed by atoms with Crippen LogP contribution in [0.4, 0.5) is 0 Å². The van der Waals surface area contributed by atoms with Crippen LogP contribution < -0.4 is 0 Å². The molecule has 1 heterocycles. The maximum absolute atomic E-state index is 10.4. The Balaban J connectivity index is 2.48. The molecule has 0 saturated carbocycles. The van der Waals surface area contributed by atoms with Crippen molar-refractivity contribution in [2.75, 3.05) is 13.7 Å². The molecule has 15 heavy (non-hydrogen) atoms. The Kier molecular flexibility index (Phi) is 4.31. The normalized spacial score (nSPS) is 37.1. The van der Waals surface area contributed by atoms with E-state index in [0.29, 0.717) is 0 Å². The van der Waals surface area contributed by atoms with E-state index in [-0.39, 0.29) is 0 Å². The number of aliphatic hydroxyl groups is 1. The van der Waals surface area contributed by atoms with E-state index in [1.54, 1.807) is 0 Å². The first kappa shape index (κ1) is 13.1. The standard InChI is InChI=1S/C6H12BO7P/c1-12-5-4(8)3(14-6(5)7)2-13-15(9,10)11/h3-6,8H,2H2,1H3,(H2,9,10,11)/t3-,4-,5-,6-/m1/s1. The molecule has 0 spiro atoms. The Bertz CT molecular complexity index is 256. The first-order valence-corrected chi connectivity index (χ1v) is 5.70. The lowest BCUT2D eigenvalue weighted by Crippen LogP contribution is -2.35. The summed E-state index contributed by atoms with van der Waals surface area (Å²) < 4.78 is 24.5. The highest BCUT2D eigenvalue weighted by Crippen LogP contribution is 2.37. The maximum Gasteiger partial charge on any atom is 0.469 e. The molecule has 1 rings (SSSR count). The monoisotopic (exact) mass is 238 g/mol. The minimum absolute atomic E-state index is 0.445. The number of hydrogen-bond acceptors (Lipinski definition) is 5. The third kappa shape index (κ3) is 3.53. The molecule has 4 atom stereocenters. The fourth-order valence-corrected chi connectivity index (χ4v) is 1.69. The van der Waals surface area contributed by atoms with Crippen LogP contribution >= 0.6 is 7.82 Å². The van der Waals surface area contributed by atoms with Gasteiger partial charge in [0.05, 0.1) is 6.61 Å². The summed E-state index contributed by atoms with van der Waals surface area (Å²) in [7, 11) is 2.24. The average Bonchev–Trinajstić information content (AvgIpc) is 2.37. The van der Waals surface area contributed by atoms with Gasteiger partial charge in [0.15, 0.2) is 0 Å². The van der Waals surface area contributed by atoms with Gasteiger partial charge in [-0.2, -0.15) is 0 Å². The molecule has 1 fully saturated rings. The van der Waals surface area contributed by atoms with Crippen molar-refractivity contribution in [2.24, 2.45) is 0 Å². The van der Waals surface area contributed by atoms with E-state index >= 15 is 0 Å². The third-order valence-electron chi connectivity index (χ3n) is 2.05. The molecule has 0 bridgehead atoms. The molecule has 2 radical (unpaired) electrons. The highest BCUT2D eigenvalue weighted by Gasteiger charge is 2.41. The van der Waals surface area contributed by atoms with Crippen molar-refractivity contribution >= 4 is 15.7 Å². The predicted octanol–water partition coefficient (Wildman–Crippen LogP) is -1.64. The highest BCUT2D eigenvalue weighted by atomic mass is 31.2. The lowest BCUT2D eigenvalue weighted by molar-refractivity contribution is -0.0143. The molecule has 1 aliphatic heterocycles. The predicted molar refractivity (Wildman–Crippen MR) is 49.2 cm³/mol. The van der Waals surface area contributed by atoms with Gasteiger partial charge in [0.2, 0.25) is 0 Å². The maximum atomic E-state index is 10.4. The van der Waals surface area contributed by atoms with Crippen molar-refractivity contribution < 1.29 is 33.5 Å². The van der Waals surface area contributed by atoms with E-state index in [4.69, 9.17) is 27.1 Å². The van der Waals surface area contributed by atoms with Crippen molar-refractivity contribution in [3.63, 3.8) is 0 Å². The van der Waals surface area contributed by atoms with E-state index in [0.717, 1.165) is 0 Å². The number of phosphoric ester groups is 1. The molecule has 1 saturated heterocycles. The van der Waals surface area contributed by atoms with Gasteiger partial charge in [-0.3, -0.25) is 4.52 Å². The van der Waals surface area contributed by atoms with Gasteiger partial charge >= 0.3 is 7.82 Å². The van der Waals surface area contributed by atoms with Crippen molar-refractivity contribution in [3.8, 4) is 0 Å². The fourth-order valence-electron chi connectivity index (χ4n) is 1.35. The molecular formula is C6H12BO7P. The van der Waals surface area contributed by atoms with Crippen LogP contribution in [0.25, 0.3) is 0 Å². The van der Waals surface area contributed by atoms with Crippen LogP contribution in [0, 0.1) is 0 Å². The van der Waals surface area contributed by atoms with Crippen LogP contribution in [-0.4, -0.2) is 60.8 Å². The van der Waals surface area contributed by atoms with Crippen LogP contribution in [0.3, 0.4) is 0 Å². The van der Waals surface area contributed by atoms with Gasteiger partial charge in [-0.1, -0.05) is 0 Å². The van der Waals surface area contributed by atoms with Crippen molar-refractivity contribution in [2.45, 2.75) is 24.3 Å². The summed E-state index contributed by atoms with van der Waals surface area (Å²) in [5.41, 5.74) is 0. The molecule has 0 aromatic carbocycles. The Morgan fingerprint density at radius 2 is 2.13 bits per heavy atom. The Hall–Kier alpha value is 0.0549. The van der Waals surface area contributed by atoms with Crippen molar-refractivity contribution in [3.05, 3.63) is 0 Å². The molecule has 0 aromatic rings. The van der Waals surface area contributed by atoms with Crippen LogP contribution in [0.5, 0.6) is 0 Å². The zero-order chi connectivity index (χ0) is 11.6. The molecule has 0 aromatic heterocycles. The highest BCUT2D eigenvalue weighted by molar-refractivity contribution is 7.46. The number of methoxy groups -OCH3 is 1. The van der Waals surface area contributed by atoms with Gasteiger partial charge in [-0.05, 0) is 0 Å². The van der Waals surface area contributed by atoms with Crippen molar-refractivity contribution in [1.29, 1.82) is 0 Å². The summed E-state index contributed by atoms with van der Waals surface area (Å²) in [5.74, 6) is 0. The second-order valence-electron chi connectivity index (χ2n) is 3.12. The number of rotatable bonds is 4. The molecule has 9 heteroatoms. The number of aliphatic hydroxyl groups excluding tert-OH is 1. The molecule has 86 valence electrons. The quantitative estimate of drug-likeness (QED) is 0.398. The lowest BCUT2D eigenvalue weighted by atomic mass is 9.93. The number of hydrogen-bond donors (Lipinski definition) is 3. The van der Waals surface area contributed by atoms with Crippen LogP contribution in [-0.2, 0) is 18.6 Å². The van der Waals surface area contributed by atoms with E-state index in [9.17, 15) is 9.67 Å². The van der Waals surface area contributed by atoms with Crippen LogP contribution in [0.1, 0.15) is 0 Å². The number of ether oxygens (including phenoxy) is 2. The topological polar surface area (TPSA) is 105 Å². The van der Waals surface area contributed by atoms with Gasteiger partial charge in [0.25, 0.3) is 0 Å². The largest absolute Gasteiger partial charge is 0.469 e. The second-order valence-corrected chi connectivity index (χ2v) is 4.36. The van der Waals surface area contributed by atoms with E-state index in [1.165, 1.54) is 7.11 Å². The van der Waals surface area contributed by atoms with E-state index in [1.807, 2.05) is 0 Å². The molecule has 0 unspecified atom stereocenters. The summed E-state index contributed by atoms with van der Waals surface area (Å²) >= 11 is 0. The zero-order valence-corrected chi connectivity index (χ0v) is 8.91. The van der Waals surface area contributed by atoms with E-state index in [2.05, 4.69) is 4.52 Å². The summed E-state index contributed by atoms with van der Waals surface area (Å²) in [6.07, 6.45) is -2.70. The summed E-state index contributed by atoms with van der Waals surface area (Å²) in [4.78, 5) is 16.9. The molecule has 0 aliphatic carbocycles. The van der Waals surface area contributed by atoms with Crippen molar-refractivity contribution in [1.82, 2.24) is 0 Å². The van der Waals surface area contributed by atoms with Gasteiger partial charge in [0.1, 0.15) is 26.2 Å². The molecule has 7 nitrogen and oxygen atoms in total. The summed E-state index contributed by atoms with van der Waals surface area (Å²) in [6, 6.07) is -0.838. The Morgan fingerprint density at radius 3 is 2.53 bits per heavy atom. The first-order valence-electron chi connectivity index (χ1n) is 4.17. The Labute approximate surface area is 88.0 Å². The van der Waals surface area contributed by atoms with Gasteiger partial charge < -0.3 is 24.4 Å². The Morgan fingerprint density at radius 1 is 1.53 bits per heavy atom. The van der Waals surface area contributed by atoms with Gasteiger partial charge in [0, 0.05) is 13.1 Å². The van der Waals surface area contributed by atoms with E-state index < -0.39 is 38.7 Å². The average molecular weight is 238 g/mol. The fraction of sp³-hybridized carbons (Fsp3) is 1.00. The van der Waals surface area contributed by atoms with Gasteiger partial charge in [-0.25, -0.2) is 4.57 Å². The summed E-state index contributed by atoms with van der Waals surface area (Å²) in [5, 5.41) is 9.55. The minimum atomic E-state index is -4.57. The minimum Gasteiger partial charge on any atom is -0.388 e. The second kappa shape index (κ2) is 4.92. The third-order valence-corrected chi connectivity index (χ3v) is 2.54. The smallest absolute Gasteiger partial charge is 0.388 e. The lowest BCUT2D eigenvalue weighted by Gasteiger charge is -2.16. The van der Waals surface area contributed by atoms with Gasteiger partial charge in [-0.15, -0.1) is 0 Å². The van der Waals surface area contributed by atoms with Crippen LogP contribution in [0.15, 0.2) is 0 Å². The molecule has 0 amide bonds. The zero-order valence-electron chi connectivity index (χ0n) is 8.02.